The number of fused-ring (bicyclic) bond motifs is 1. The molecule has 1 atom stereocenters. The fourth-order valence-electron chi connectivity index (χ4n) is 1.85. The number of nitrogens with zero attached hydrogens (tertiary/aromatic N) is 2. The SMILES string of the molecule is CCC[C@@H](NC(=O)/C=C/c1c(Cl)nc2sccn12)C(=O)O. The van der Waals surface area contributed by atoms with Crippen LogP contribution in [0.2, 0.25) is 5.15 Å². The second kappa shape index (κ2) is 6.73. The van der Waals surface area contributed by atoms with Crippen molar-refractivity contribution < 1.29 is 14.7 Å². The molecular weight excluding hydrogens is 314 g/mol. The molecule has 0 saturated carbocycles. The molecule has 0 bridgehead atoms. The zero-order valence-electron chi connectivity index (χ0n) is 11.2. The van der Waals surface area contributed by atoms with Gasteiger partial charge in [-0.2, -0.15) is 0 Å². The van der Waals surface area contributed by atoms with Crippen molar-refractivity contribution >= 4 is 45.9 Å². The summed E-state index contributed by atoms with van der Waals surface area (Å²) in [6, 6.07) is -0.880. The molecule has 8 heteroatoms. The molecule has 0 aliphatic heterocycles. The zero-order valence-corrected chi connectivity index (χ0v) is 12.8. The first kappa shape index (κ1) is 15.5. The van der Waals surface area contributed by atoms with E-state index in [9.17, 15) is 9.59 Å². The van der Waals surface area contributed by atoms with Crippen molar-refractivity contribution in [2.24, 2.45) is 0 Å². The third-order valence-electron chi connectivity index (χ3n) is 2.84. The monoisotopic (exact) mass is 327 g/mol. The highest BCUT2D eigenvalue weighted by atomic mass is 35.5. The standard InChI is InChI=1S/C13H14ClN3O3S/c1-2-3-8(12(19)20)15-10(18)5-4-9-11(14)16-13-17(9)6-7-21-13/h4-8H,2-3H2,1H3,(H,15,18)(H,19,20)/b5-4+/t8-/m1/s1. The van der Waals surface area contributed by atoms with Gasteiger partial charge in [0.25, 0.3) is 0 Å². The van der Waals surface area contributed by atoms with Crippen molar-refractivity contribution in [3.05, 3.63) is 28.5 Å². The van der Waals surface area contributed by atoms with Crippen LogP contribution in [0.25, 0.3) is 11.0 Å². The molecule has 0 fully saturated rings. The molecule has 2 aromatic heterocycles. The van der Waals surface area contributed by atoms with Crippen LogP contribution in [0.15, 0.2) is 17.7 Å². The average molecular weight is 328 g/mol. The summed E-state index contributed by atoms with van der Waals surface area (Å²) in [7, 11) is 0. The maximum atomic E-state index is 11.8. The van der Waals surface area contributed by atoms with E-state index in [0.29, 0.717) is 23.7 Å². The number of carboxylic acid groups (broad SMARTS) is 1. The average Bonchev–Trinajstić information content (AvgIpc) is 2.96. The minimum Gasteiger partial charge on any atom is -0.480 e. The highest BCUT2D eigenvalue weighted by Gasteiger charge is 2.17. The lowest BCUT2D eigenvalue weighted by Gasteiger charge is -2.11. The van der Waals surface area contributed by atoms with Gasteiger partial charge in [-0.3, -0.25) is 9.20 Å². The van der Waals surface area contributed by atoms with Crippen LogP contribution in [0.5, 0.6) is 0 Å². The van der Waals surface area contributed by atoms with Gasteiger partial charge in [-0.05, 0) is 12.5 Å². The van der Waals surface area contributed by atoms with Crippen LogP contribution in [0.3, 0.4) is 0 Å². The zero-order chi connectivity index (χ0) is 15.4. The van der Waals surface area contributed by atoms with Crippen LogP contribution in [0, 0.1) is 0 Å². The Kier molecular flexibility index (Phi) is 4.98. The minimum absolute atomic E-state index is 0.300. The first-order valence-electron chi connectivity index (χ1n) is 6.35. The van der Waals surface area contributed by atoms with Crippen LogP contribution in [-0.4, -0.2) is 32.4 Å². The lowest BCUT2D eigenvalue weighted by molar-refractivity contribution is -0.141. The Morgan fingerprint density at radius 1 is 1.62 bits per heavy atom. The molecule has 0 aliphatic carbocycles. The van der Waals surface area contributed by atoms with Crippen molar-refractivity contribution in [1.82, 2.24) is 14.7 Å². The van der Waals surface area contributed by atoms with E-state index in [-0.39, 0.29) is 0 Å². The van der Waals surface area contributed by atoms with E-state index in [1.165, 1.54) is 23.5 Å². The Morgan fingerprint density at radius 3 is 3.05 bits per heavy atom. The summed E-state index contributed by atoms with van der Waals surface area (Å²) in [4.78, 5) is 27.6. The number of aromatic nitrogens is 2. The number of halogens is 1. The Balaban J connectivity index is 2.09. The summed E-state index contributed by atoms with van der Waals surface area (Å²) >= 11 is 7.43. The van der Waals surface area contributed by atoms with Crippen molar-refractivity contribution in [1.29, 1.82) is 0 Å². The van der Waals surface area contributed by atoms with Gasteiger partial charge in [0.1, 0.15) is 6.04 Å². The largest absolute Gasteiger partial charge is 0.480 e. The van der Waals surface area contributed by atoms with E-state index < -0.39 is 17.9 Å². The molecule has 21 heavy (non-hydrogen) atoms. The first-order chi connectivity index (χ1) is 10.0. The molecule has 2 rings (SSSR count). The summed E-state index contributed by atoms with van der Waals surface area (Å²) in [5, 5.41) is 13.6. The second-order valence-corrected chi connectivity index (χ2v) is 5.60. The maximum Gasteiger partial charge on any atom is 0.326 e. The van der Waals surface area contributed by atoms with Gasteiger partial charge in [-0.25, -0.2) is 9.78 Å². The Labute approximate surface area is 130 Å². The molecule has 0 spiro atoms. The van der Waals surface area contributed by atoms with E-state index in [0.717, 1.165) is 4.96 Å². The fourth-order valence-corrected chi connectivity index (χ4v) is 2.85. The van der Waals surface area contributed by atoms with E-state index in [1.54, 1.807) is 10.6 Å². The van der Waals surface area contributed by atoms with Gasteiger partial charge in [-0.1, -0.05) is 24.9 Å². The molecule has 0 aliphatic rings. The number of carbonyl (C=O) groups is 2. The van der Waals surface area contributed by atoms with Crippen LogP contribution < -0.4 is 5.32 Å². The summed E-state index contributed by atoms with van der Waals surface area (Å²) in [6.07, 6.45) is 5.64. The number of rotatable bonds is 6. The molecule has 0 unspecified atom stereocenters. The van der Waals surface area contributed by atoms with E-state index in [4.69, 9.17) is 16.7 Å². The molecule has 6 nitrogen and oxygen atoms in total. The van der Waals surface area contributed by atoms with E-state index >= 15 is 0 Å². The van der Waals surface area contributed by atoms with Gasteiger partial charge >= 0.3 is 5.97 Å². The lowest BCUT2D eigenvalue weighted by atomic mass is 10.1. The summed E-state index contributed by atoms with van der Waals surface area (Å²) in [5.74, 6) is -1.52. The normalized spacial score (nSPS) is 12.9. The van der Waals surface area contributed by atoms with Gasteiger partial charge in [0.15, 0.2) is 10.1 Å². The predicted octanol–water partition coefficient (Wildman–Crippen LogP) is 2.43. The number of thiazole rings is 1. The topological polar surface area (TPSA) is 83.7 Å². The molecule has 0 radical (unpaired) electrons. The van der Waals surface area contributed by atoms with Crippen molar-refractivity contribution in [3.63, 3.8) is 0 Å². The second-order valence-electron chi connectivity index (χ2n) is 4.36. The van der Waals surface area contributed by atoms with Gasteiger partial charge in [-0.15, -0.1) is 11.3 Å². The highest BCUT2D eigenvalue weighted by molar-refractivity contribution is 7.15. The highest BCUT2D eigenvalue weighted by Crippen LogP contribution is 2.22. The summed E-state index contributed by atoms with van der Waals surface area (Å²) < 4.78 is 1.76. The molecule has 1 amide bonds. The van der Waals surface area contributed by atoms with E-state index in [1.807, 2.05) is 12.3 Å². The summed E-state index contributed by atoms with van der Waals surface area (Å²) in [5.41, 5.74) is 0.588. The lowest BCUT2D eigenvalue weighted by Crippen LogP contribution is -2.39. The molecule has 2 N–H and O–H groups in total. The van der Waals surface area contributed by atoms with Crippen LogP contribution in [0.1, 0.15) is 25.5 Å². The smallest absolute Gasteiger partial charge is 0.326 e. The fraction of sp³-hybridized carbons (Fsp3) is 0.308. The molecular formula is C13H14ClN3O3S. The van der Waals surface area contributed by atoms with Crippen LogP contribution in [-0.2, 0) is 9.59 Å². The Hall–Kier alpha value is -1.86. The number of hydrogen-bond acceptors (Lipinski definition) is 4. The van der Waals surface area contributed by atoms with Crippen molar-refractivity contribution in [2.45, 2.75) is 25.8 Å². The third kappa shape index (κ3) is 3.62. The molecule has 2 heterocycles. The molecule has 2 aromatic rings. The van der Waals surface area contributed by atoms with Gasteiger partial charge in [0.2, 0.25) is 5.91 Å². The van der Waals surface area contributed by atoms with Crippen LogP contribution in [0.4, 0.5) is 0 Å². The Morgan fingerprint density at radius 2 is 2.38 bits per heavy atom. The number of hydrogen-bond donors (Lipinski definition) is 2. The van der Waals surface area contributed by atoms with Gasteiger partial charge < -0.3 is 10.4 Å². The number of carbonyl (C=O) groups excluding carboxylic acids is 1. The number of aliphatic carboxylic acids is 1. The van der Waals surface area contributed by atoms with Gasteiger partial charge in [0, 0.05) is 17.7 Å². The number of imidazole rings is 1. The first-order valence-corrected chi connectivity index (χ1v) is 7.61. The third-order valence-corrected chi connectivity index (χ3v) is 3.87. The van der Waals surface area contributed by atoms with Crippen molar-refractivity contribution in [2.75, 3.05) is 0 Å². The minimum atomic E-state index is -1.04. The van der Waals surface area contributed by atoms with Crippen LogP contribution >= 0.6 is 22.9 Å². The molecule has 0 saturated heterocycles. The van der Waals surface area contributed by atoms with E-state index in [2.05, 4.69) is 10.3 Å². The maximum absolute atomic E-state index is 11.8. The quantitative estimate of drug-likeness (QED) is 0.798. The molecule has 112 valence electrons. The number of amides is 1. The number of carboxylic acids is 1. The number of nitrogens with one attached hydrogen (secondary N) is 1. The predicted molar refractivity (Wildman–Crippen MR) is 81.6 cm³/mol. The summed E-state index contributed by atoms with van der Waals surface area (Å²) in [6.45, 7) is 1.86. The molecule has 0 aromatic carbocycles. The Bertz CT molecular complexity index is 692. The van der Waals surface area contributed by atoms with Crippen molar-refractivity contribution in [3.8, 4) is 0 Å². The van der Waals surface area contributed by atoms with Gasteiger partial charge in [0.05, 0.1) is 5.69 Å².